The van der Waals surface area contributed by atoms with Crippen LogP contribution in [0.25, 0.3) is 0 Å². The van der Waals surface area contributed by atoms with Crippen LogP contribution in [-0.2, 0) is 0 Å². The lowest BCUT2D eigenvalue weighted by atomic mass is 10.1. The van der Waals surface area contributed by atoms with E-state index >= 15 is 0 Å². The van der Waals surface area contributed by atoms with Crippen LogP contribution in [0.15, 0.2) is 30.3 Å². The molecular formula is C16H28N2. The number of benzene rings is 1. The second kappa shape index (κ2) is 9.12. The highest BCUT2D eigenvalue weighted by Crippen LogP contribution is 2.12. The molecule has 1 aromatic rings. The number of hydrogen-bond donors (Lipinski definition) is 1. The summed E-state index contributed by atoms with van der Waals surface area (Å²) in [6.07, 6.45) is 5.04. The number of rotatable bonds is 9. The van der Waals surface area contributed by atoms with Gasteiger partial charge in [0.2, 0.25) is 0 Å². The molecule has 0 fully saturated rings. The smallest absolute Gasteiger partial charge is 0.0424 e. The summed E-state index contributed by atoms with van der Waals surface area (Å²) >= 11 is 0. The van der Waals surface area contributed by atoms with Crippen molar-refractivity contribution in [1.82, 2.24) is 4.90 Å². The molecule has 0 heterocycles. The first-order valence-corrected chi connectivity index (χ1v) is 7.30. The van der Waals surface area contributed by atoms with Crippen molar-refractivity contribution in [2.45, 2.75) is 45.6 Å². The van der Waals surface area contributed by atoms with Crippen LogP contribution >= 0.6 is 0 Å². The molecule has 1 rings (SSSR count). The van der Waals surface area contributed by atoms with Crippen molar-refractivity contribution in [2.24, 2.45) is 5.73 Å². The predicted molar refractivity (Wildman–Crippen MR) is 79.6 cm³/mol. The molecule has 102 valence electrons. The third kappa shape index (κ3) is 5.65. The fourth-order valence-corrected chi connectivity index (χ4v) is 2.14. The lowest BCUT2D eigenvalue weighted by Gasteiger charge is -2.25. The third-order valence-corrected chi connectivity index (χ3v) is 3.34. The minimum atomic E-state index is 0.139. The lowest BCUT2D eigenvalue weighted by molar-refractivity contribution is 0.250. The quantitative estimate of drug-likeness (QED) is 0.723. The van der Waals surface area contributed by atoms with Crippen molar-refractivity contribution in [3.05, 3.63) is 35.9 Å². The molecule has 0 aliphatic carbocycles. The molecule has 0 spiro atoms. The summed E-state index contributed by atoms with van der Waals surface area (Å²) in [6.45, 7) is 7.82. The van der Waals surface area contributed by atoms with Crippen molar-refractivity contribution >= 4 is 0 Å². The molecular weight excluding hydrogens is 220 g/mol. The van der Waals surface area contributed by atoms with Crippen molar-refractivity contribution in [3.63, 3.8) is 0 Å². The molecule has 0 bridgehead atoms. The molecule has 0 aliphatic heterocycles. The first-order valence-electron chi connectivity index (χ1n) is 7.30. The van der Waals surface area contributed by atoms with Gasteiger partial charge in [0.1, 0.15) is 0 Å². The molecule has 0 saturated carbocycles. The molecule has 2 heteroatoms. The summed E-state index contributed by atoms with van der Waals surface area (Å²) in [5, 5.41) is 0. The van der Waals surface area contributed by atoms with E-state index in [9.17, 15) is 0 Å². The van der Waals surface area contributed by atoms with Gasteiger partial charge in [0.15, 0.2) is 0 Å². The first-order chi connectivity index (χ1) is 8.77. The SMILES string of the molecule is CCCCN(CCCC)C[C@@H](N)c1ccccc1. The Morgan fingerprint density at radius 3 is 2.06 bits per heavy atom. The summed E-state index contributed by atoms with van der Waals surface area (Å²) in [6, 6.07) is 10.6. The number of nitrogens with zero attached hydrogens (tertiary/aromatic N) is 1. The van der Waals surface area contributed by atoms with Crippen LogP contribution in [0.4, 0.5) is 0 Å². The van der Waals surface area contributed by atoms with E-state index in [0.29, 0.717) is 0 Å². The monoisotopic (exact) mass is 248 g/mol. The Labute approximate surface area is 112 Å². The van der Waals surface area contributed by atoms with Crippen LogP contribution in [0.1, 0.15) is 51.1 Å². The molecule has 0 radical (unpaired) electrons. The highest BCUT2D eigenvalue weighted by molar-refractivity contribution is 5.18. The van der Waals surface area contributed by atoms with Gasteiger partial charge in [0.25, 0.3) is 0 Å². The molecule has 1 atom stereocenters. The highest BCUT2D eigenvalue weighted by atomic mass is 15.1. The van der Waals surface area contributed by atoms with Gasteiger partial charge in [-0.1, -0.05) is 57.0 Å². The Balaban J connectivity index is 2.47. The Bertz CT molecular complexity index is 289. The van der Waals surface area contributed by atoms with Gasteiger partial charge in [-0.05, 0) is 31.5 Å². The van der Waals surface area contributed by atoms with Crippen molar-refractivity contribution in [3.8, 4) is 0 Å². The Hall–Kier alpha value is -0.860. The summed E-state index contributed by atoms with van der Waals surface area (Å²) in [5.41, 5.74) is 7.54. The largest absolute Gasteiger partial charge is 0.323 e. The molecule has 18 heavy (non-hydrogen) atoms. The zero-order valence-electron chi connectivity index (χ0n) is 11.9. The van der Waals surface area contributed by atoms with E-state index in [4.69, 9.17) is 5.73 Å². The van der Waals surface area contributed by atoms with E-state index < -0.39 is 0 Å². The van der Waals surface area contributed by atoms with Gasteiger partial charge in [-0.2, -0.15) is 0 Å². The van der Waals surface area contributed by atoms with Crippen molar-refractivity contribution < 1.29 is 0 Å². The molecule has 2 N–H and O–H groups in total. The van der Waals surface area contributed by atoms with Gasteiger partial charge in [0, 0.05) is 12.6 Å². The summed E-state index contributed by atoms with van der Waals surface area (Å²) < 4.78 is 0. The van der Waals surface area contributed by atoms with Crippen LogP contribution in [-0.4, -0.2) is 24.5 Å². The average molecular weight is 248 g/mol. The lowest BCUT2D eigenvalue weighted by Crippen LogP contribution is -2.33. The number of hydrogen-bond acceptors (Lipinski definition) is 2. The molecule has 0 unspecified atom stereocenters. The second-order valence-corrected chi connectivity index (χ2v) is 5.02. The van der Waals surface area contributed by atoms with Crippen LogP contribution in [0.2, 0.25) is 0 Å². The molecule has 0 aliphatic rings. The van der Waals surface area contributed by atoms with Gasteiger partial charge in [-0.25, -0.2) is 0 Å². The van der Waals surface area contributed by atoms with E-state index in [-0.39, 0.29) is 6.04 Å². The van der Waals surface area contributed by atoms with E-state index in [0.717, 1.165) is 6.54 Å². The second-order valence-electron chi connectivity index (χ2n) is 5.02. The maximum Gasteiger partial charge on any atom is 0.0424 e. The average Bonchev–Trinajstić information content (AvgIpc) is 2.42. The fraction of sp³-hybridized carbons (Fsp3) is 0.625. The topological polar surface area (TPSA) is 29.3 Å². The minimum absolute atomic E-state index is 0.139. The first kappa shape index (κ1) is 15.2. The van der Waals surface area contributed by atoms with Crippen LogP contribution in [0, 0.1) is 0 Å². The van der Waals surface area contributed by atoms with Gasteiger partial charge in [0.05, 0.1) is 0 Å². The summed E-state index contributed by atoms with van der Waals surface area (Å²) in [4.78, 5) is 2.52. The van der Waals surface area contributed by atoms with E-state index in [1.54, 1.807) is 0 Å². The Morgan fingerprint density at radius 2 is 1.56 bits per heavy atom. The van der Waals surface area contributed by atoms with Crippen LogP contribution in [0.3, 0.4) is 0 Å². The zero-order valence-corrected chi connectivity index (χ0v) is 11.9. The van der Waals surface area contributed by atoms with Crippen LogP contribution in [0.5, 0.6) is 0 Å². The van der Waals surface area contributed by atoms with Crippen molar-refractivity contribution in [2.75, 3.05) is 19.6 Å². The highest BCUT2D eigenvalue weighted by Gasteiger charge is 2.11. The summed E-state index contributed by atoms with van der Waals surface area (Å²) in [7, 11) is 0. The normalized spacial score (nSPS) is 12.9. The molecule has 1 aromatic carbocycles. The molecule has 0 saturated heterocycles. The van der Waals surface area contributed by atoms with Gasteiger partial charge in [-0.15, -0.1) is 0 Å². The predicted octanol–water partition coefficient (Wildman–Crippen LogP) is 3.59. The standard InChI is InChI=1S/C16H28N2/c1-3-5-12-18(13-6-4-2)14-16(17)15-10-8-7-9-11-15/h7-11,16H,3-6,12-14,17H2,1-2H3/t16-/m1/s1. The molecule has 2 nitrogen and oxygen atoms in total. The van der Waals surface area contributed by atoms with Crippen molar-refractivity contribution in [1.29, 1.82) is 0 Å². The Morgan fingerprint density at radius 1 is 1.00 bits per heavy atom. The zero-order chi connectivity index (χ0) is 13.2. The van der Waals surface area contributed by atoms with Gasteiger partial charge in [-0.3, -0.25) is 0 Å². The third-order valence-electron chi connectivity index (χ3n) is 3.34. The molecule has 0 amide bonds. The van der Waals surface area contributed by atoms with E-state index in [1.165, 1.54) is 44.3 Å². The van der Waals surface area contributed by atoms with Gasteiger partial charge >= 0.3 is 0 Å². The van der Waals surface area contributed by atoms with Gasteiger partial charge < -0.3 is 10.6 Å². The maximum atomic E-state index is 6.30. The Kier molecular flexibility index (Phi) is 7.70. The minimum Gasteiger partial charge on any atom is -0.323 e. The number of nitrogens with two attached hydrogens (primary N) is 1. The van der Waals surface area contributed by atoms with E-state index in [2.05, 4.69) is 43.0 Å². The molecule has 0 aromatic heterocycles. The van der Waals surface area contributed by atoms with Crippen LogP contribution < -0.4 is 5.73 Å². The fourth-order valence-electron chi connectivity index (χ4n) is 2.14. The van der Waals surface area contributed by atoms with E-state index in [1.807, 2.05) is 6.07 Å². The maximum absolute atomic E-state index is 6.30. The number of unbranched alkanes of at least 4 members (excludes halogenated alkanes) is 2. The summed E-state index contributed by atoms with van der Waals surface area (Å²) in [5.74, 6) is 0.